The van der Waals surface area contributed by atoms with Gasteiger partial charge in [0.15, 0.2) is 5.82 Å². The number of aromatic carboxylic acids is 1. The molecule has 2 aromatic carbocycles. The summed E-state index contributed by atoms with van der Waals surface area (Å²) in [6, 6.07) is 5.66. The van der Waals surface area contributed by atoms with Crippen LogP contribution < -0.4 is 10.1 Å². The summed E-state index contributed by atoms with van der Waals surface area (Å²) in [5, 5.41) is 12.3. The zero-order chi connectivity index (χ0) is 18.1. The predicted molar refractivity (Wildman–Crippen MR) is 92.8 cm³/mol. The first kappa shape index (κ1) is 17.2. The van der Waals surface area contributed by atoms with E-state index in [2.05, 4.69) is 15.3 Å². The second-order valence-electron chi connectivity index (χ2n) is 4.94. The monoisotopic (exact) mass is 381 g/mol. The molecule has 0 fully saturated rings. The Morgan fingerprint density at radius 3 is 2.72 bits per heavy atom. The highest BCUT2D eigenvalue weighted by Gasteiger charge is 2.17. The quantitative estimate of drug-likeness (QED) is 0.646. The molecule has 25 heavy (non-hydrogen) atoms. The molecule has 3 aromatic rings. The van der Waals surface area contributed by atoms with E-state index < -0.39 is 11.8 Å². The molecule has 0 bridgehead atoms. The van der Waals surface area contributed by atoms with E-state index >= 15 is 0 Å². The van der Waals surface area contributed by atoms with Crippen LogP contribution >= 0.6 is 23.2 Å². The van der Waals surface area contributed by atoms with Gasteiger partial charge in [-0.05, 0) is 18.2 Å². The molecule has 1 heterocycles. The number of rotatable bonds is 4. The zero-order valence-electron chi connectivity index (χ0n) is 12.7. The number of ether oxygens (including phenoxy) is 1. The van der Waals surface area contributed by atoms with Crippen LogP contribution in [0.4, 0.5) is 15.9 Å². The largest absolute Gasteiger partial charge is 0.496 e. The molecular weight excluding hydrogens is 372 g/mol. The van der Waals surface area contributed by atoms with Crippen LogP contribution in [0.1, 0.15) is 10.4 Å². The van der Waals surface area contributed by atoms with E-state index in [1.165, 1.54) is 37.7 Å². The summed E-state index contributed by atoms with van der Waals surface area (Å²) < 4.78 is 19.3. The predicted octanol–water partition coefficient (Wildman–Crippen LogP) is 4.53. The molecule has 0 aliphatic carbocycles. The average molecular weight is 382 g/mol. The fourth-order valence-electron chi connectivity index (χ4n) is 2.27. The summed E-state index contributed by atoms with van der Waals surface area (Å²) >= 11 is 11.6. The number of carboxylic acids is 1. The van der Waals surface area contributed by atoms with E-state index in [4.69, 9.17) is 27.9 Å². The van der Waals surface area contributed by atoms with Gasteiger partial charge in [-0.3, -0.25) is 0 Å². The zero-order valence-corrected chi connectivity index (χ0v) is 14.2. The minimum absolute atomic E-state index is 0.0436. The first-order valence-corrected chi connectivity index (χ1v) is 7.64. The van der Waals surface area contributed by atoms with Crippen LogP contribution in [0.25, 0.3) is 10.9 Å². The van der Waals surface area contributed by atoms with Crippen LogP contribution in [0, 0.1) is 5.82 Å². The molecular formula is C16H10Cl2FN3O3. The lowest BCUT2D eigenvalue weighted by Crippen LogP contribution is -2.03. The Labute approximate surface area is 151 Å². The van der Waals surface area contributed by atoms with Gasteiger partial charge in [0.2, 0.25) is 0 Å². The topological polar surface area (TPSA) is 84.3 Å². The van der Waals surface area contributed by atoms with Gasteiger partial charge in [-0.25, -0.2) is 19.2 Å². The molecule has 0 aliphatic rings. The van der Waals surface area contributed by atoms with Crippen molar-refractivity contribution >= 4 is 51.6 Å². The number of carbonyl (C=O) groups is 1. The van der Waals surface area contributed by atoms with Gasteiger partial charge in [0.25, 0.3) is 0 Å². The summed E-state index contributed by atoms with van der Waals surface area (Å²) in [6.07, 6.45) is 1.26. The minimum Gasteiger partial charge on any atom is -0.496 e. The molecule has 0 saturated heterocycles. The number of nitrogens with one attached hydrogen (secondary N) is 1. The van der Waals surface area contributed by atoms with Gasteiger partial charge < -0.3 is 15.2 Å². The van der Waals surface area contributed by atoms with Gasteiger partial charge >= 0.3 is 5.97 Å². The molecule has 128 valence electrons. The third kappa shape index (κ3) is 3.16. The number of anilines is 2. The molecule has 0 unspecified atom stereocenters. The summed E-state index contributed by atoms with van der Waals surface area (Å²) in [6.45, 7) is 0. The van der Waals surface area contributed by atoms with E-state index in [1.807, 2.05) is 0 Å². The maximum Gasteiger partial charge on any atom is 0.339 e. The molecule has 6 nitrogen and oxygen atoms in total. The second kappa shape index (κ2) is 6.70. The summed E-state index contributed by atoms with van der Waals surface area (Å²) in [4.78, 5) is 19.5. The molecule has 2 N–H and O–H groups in total. The van der Waals surface area contributed by atoms with Crippen molar-refractivity contribution < 1.29 is 19.0 Å². The Kier molecular flexibility index (Phi) is 4.61. The number of hydrogen-bond acceptors (Lipinski definition) is 5. The van der Waals surface area contributed by atoms with Gasteiger partial charge in [-0.15, -0.1) is 0 Å². The maximum absolute atomic E-state index is 14.2. The number of methoxy groups -OCH3 is 1. The molecule has 0 radical (unpaired) electrons. The van der Waals surface area contributed by atoms with Crippen molar-refractivity contribution in [2.45, 2.75) is 0 Å². The fraction of sp³-hybridized carbons (Fsp3) is 0.0625. The van der Waals surface area contributed by atoms with E-state index in [-0.39, 0.29) is 32.9 Å². The molecule has 0 atom stereocenters. The van der Waals surface area contributed by atoms with Crippen LogP contribution in [0.2, 0.25) is 10.0 Å². The van der Waals surface area contributed by atoms with Crippen LogP contribution in [0.15, 0.2) is 30.6 Å². The normalized spacial score (nSPS) is 10.7. The van der Waals surface area contributed by atoms with Crippen molar-refractivity contribution in [2.24, 2.45) is 0 Å². The van der Waals surface area contributed by atoms with Crippen molar-refractivity contribution in [2.75, 3.05) is 12.4 Å². The Balaban J connectivity index is 2.15. The number of benzene rings is 2. The van der Waals surface area contributed by atoms with Crippen LogP contribution in [-0.4, -0.2) is 28.2 Å². The average Bonchev–Trinajstić information content (AvgIpc) is 2.61. The highest BCUT2D eigenvalue weighted by Crippen LogP contribution is 2.34. The highest BCUT2D eigenvalue weighted by molar-refractivity contribution is 6.42. The third-order valence-corrected chi connectivity index (χ3v) is 4.26. The lowest BCUT2D eigenvalue weighted by atomic mass is 10.1. The molecule has 3 rings (SSSR count). The Morgan fingerprint density at radius 2 is 2.04 bits per heavy atom. The van der Waals surface area contributed by atoms with E-state index in [0.29, 0.717) is 10.9 Å². The first-order chi connectivity index (χ1) is 11.9. The molecule has 1 aromatic heterocycles. The number of nitrogens with zero attached hydrogens (tertiary/aromatic N) is 2. The van der Waals surface area contributed by atoms with E-state index in [9.17, 15) is 14.3 Å². The Hall–Kier alpha value is -2.64. The van der Waals surface area contributed by atoms with Crippen molar-refractivity contribution in [3.8, 4) is 5.75 Å². The molecule has 0 spiro atoms. The Bertz CT molecular complexity index is 998. The van der Waals surface area contributed by atoms with Gasteiger partial charge in [-0.2, -0.15) is 0 Å². The van der Waals surface area contributed by atoms with E-state index in [1.54, 1.807) is 0 Å². The van der Waals surface area contributed by atoms with Crippen LogP contribution in [0.5, 0.6) is 5.75 Å². The minimum atomic E-state index is -1.17. The van der Waals surface area contributed by atoms with Gasteiger partial charge in [0.05, 0.1) is 28.4 Å². The standard InChI is InChI=1S/C16H10Cl2FN3O3/c1-25-12-5-11-7(4-8(12)16(23)24)15(21-6-20-11)22-10-3-2-9(17)13(18)14(10)19/h2-6H,1H3,(H,23,24)(H,20,21,22). The smallest absolute Gasteiger partial charge is 0.339 e. The number of hydrogen-bond donors (Lipinski definition) is 2. The molecule has 0 amide bonds. The fourth-order valence-corrected chi connectivity index (χ4v) is 2.58. The number of halogens is 3. The summed E-state index contributed by atoms with van der Waals surface area (Å²) in [5.41, 5.74) is 0.407. The molecule has 9 heteroatoms. The van der Waals surface area contributed by atoms with Crippen molar-refractivity contribution in [1.82, 2.24) is 9.97 Å². The van der Waals surface area contributed by atoms with Crippen molar-refractivity contribution in [1.29, 1.82) is 0 Å². The highest BCUT2D eigenvalue weighted by atomic mass is 35.5. The molecule has 0 saturated carbocycles. The van der Waals surface area contributed by atoms with Gasteiger partial charge in [0.1, 0.15) is 23.5 Å². The lowest BCUT2D eigenvalue weighted by Gasteiger charge is -2.12. The van der Waals surface area contributed by atoms with Gasteiger partial charge in [-0.1, -0.05) is 23.2 Å². The lowest BCUT2D eigenvalue weighted by molar-refractivity contribution is 0.0693. The van der Waals surface area contributed by atoms with Gasteiger partial charge in [0, 0.05) is 11.5 Å². The van der Waals surface area contributed by atoms with Crippen LogP contribution in [0.3, 0.4) is 0 Å². The maximum atomic E-state index is 14.2. The SMILES string of the molecule is COc1cc2ncnc(Nc3ccc(Cl)c(Cl)c3F)c2cc1C(=O)O. The number of fused-ring (bicyclic) bond motifs is 1. The summed E-state index contributed by atoms with van der Waals surface area (Å²) in [5.74, 6) is -1.54. The summed E-state index contributed by atoms with van der Waals surface area (Å²) in [7, 11) is 1.36. The van der Waals surface area contributed by atoms with Crippen molar-refractivity contribution in [3.05, 3.63) is 52.0 Å². The van der Waals surface area contributed by atoms with Crippen LogP contribution in [-0.2, 0) is 0 Å². The Morgan fingerprint density at radius 1 is 1.28 bits per heavy atom. The number of aromatic nitrogens is 2. The third-order valence-electron chi connectivity index (χ3n) is 3.48. The number of carboxylic acid groups (broad SMARTS) is 1. The van der Waals surface area contributed by atoms with E-state index in [0.717, 1.165) is 0 Å². The first-order valence-electron chi connectivity index (χ1n) is 6.89. The second-order valence-corrected chi connectivity index (χ2v) is 5.73. The molecule has 0 aliphatic heterocycles. The van der Waals surface area contributed by atoms with Crippen molar-refractivity contribution in [3.63, 3.8) is 0 Å².